The summed E-state index contributed by atoms with van der Waals surface area (Å²) in [5.41, 5.74) is 1.67. The van der Waals surface area contributed by atoms with Crippen molar-refractivity contribution in [3.05, 3.63) is 64.4 Å². The summed E-state index contributed by atoms with van der Waals surface area (Å²) in [6.07, 6.45) is 0.877. The molecule has 0 aliphatic heterocycles. The van der Waals surface area contributed by atoms with Gasteiger partial charge in [-0.15, -0.1) is 0 Å². The van der Waals surface area contributed by atoms with Gasteiger partial charge in [0, 0.05) is 22.7 Å². The maximum absolute atomic E-state index is 13.3. The number of phenolic OH excluding ortho intramolecular Hbond substituents is 1. The number of nitrogens with one attached hydrogen (secondary N) is 1. The van der Waals surface area contributed by atoms with Crippen molar-refractivity contribution in [3.63, 3.8) is 0 Å². The predicted molar refractivity (Wildman–Crippen MR) is 84.1 cm³/mol. The Morgan fingerprint density at radius 2 is 1.86 bits per heavy atom. The lowest BCUT2D eigenvalue weighted by Gasteiger charge is -2.23. The molecule has 0 heterocycles. The van der Waals surface area contributed by atoms with Gasteiger partial charge >= 0.3 is 0 Å². The minimum absolute atomic E-state index is 0.0994. The maximum Gasteiger partial charge on any atom is 0.123 e. The average Bonchev–Trinajstić information content (AvgIpc) is 2.48. The first-order valence-corrected chi connectivity index (χ1v) is 7.39. The summed E-state index contributed by atoms with van der Waals surface area (Å²) < 4.78 is 13.3. The molecule has 0 spiro atoms. The van der Waals surface area contributed by atoms with Crippen molar-refractivity contribution in [3.8, 4) is 5.75 Å². The van der Waals surface area contributed by atoms with Crippen LogP contribution >= 0.6 is 11.6 Å². The van der Waals surface area contributed by atoms with Crippen LogP contribution in [0.3, 0.4) is 0 Å². The van der Waals surface area contributed by atoms with Crippen molar-refractivity contribution >= 4 is 11.6 Å². The van der Waals surface area contributed by atoms with E-state index < -0.39 is 0 Å². The van der Waals surface area contributed by atoms with Gasteiger partial charge in [0.05, 0.1) is 0 Å². The van der Waals surface area contributed by atoms with Gasteiger partial charge in [0.2, 0.25) is 0 Å². The third kappa shape index (κ3) is 3.96. The Hall–Kier alpha value is -1.58. The predicted octanol–water partition coefficient (Wildman–Crippen LogP) is 4.99. The molecule has 2 aromatic carbocycles. The fourth-order valence-corrected chi connectivity index (χ4v) is 2.53. The van der Waals surface area contributed by atoms with Gasteiger partial charge in [-0.25, -0.2) is 4.39 Å². The molecular weight excluding hydrogens is 289 g/mol. The molecular formula is C17H19ClFNO. The third-order valence-electron chi connectivity index (χ3n) is 3.59. The van der Waals surface area contributed by atoms with Crippen LogP contribution in [0.15, 0.2) is 42.5 Å². The minimum Gasteiger partial charge on any atom is -0.508 e. The number of rotatable bonds is 5. The number of aromatic hydroxyl groups is 1. The van der Waals surface area contributed by atoms with E-state index in [9.17, 15) is 9.50 Å². The van der Waals surface area contributed by atoms with Crippen LogP contribution in [-0.4, -0.2) is 5.11 Å². The zero-order valence-corrected chi connectivity index (χ0v) is 12.9. The van der Waals surface area contributed by atoms with Gasteiger partial charge in [0.1, 0.15) is 11.6 Å². The van der Waals surface area contributed by atoms with E-state index >= 15 is 0 Å². The molecule has 0 amide bonds. The molecule has 2 rings (SSSR count). The van der Waals surface area contributed by atoms with Crippen molar-refractivity contribution < 1.29 is 9.50 Å². The lowest BCUT2D eigenvalue weighted by atomic mass is 10.0. The molecule has 0 aromatic heterocycles. The molecule has 112 valence electrons. The fraction of sp³-hybridized carbons (Fsp3) is 0.294. The summed E-state index contributed by atoms with van der Waals surface area (Å²) in [6.45, 7) is 3.98. The third-order valence-corrected chi connectivity index (χ3v) is 3.84. The molecule has 2 atom stereocenters. The lowest BCUT2D eigenvalue weighted by molar-refractivity contribution is 0.421. The van der Waals surface area contributed by atoms with Crippen LogP contribution in [0.2, 0.25) is 5.02 Å². The van der Waals surface area contributed by atoms with Crippen LogP contribution < -0.4 is 5.32 Å². The summed E-state index contributed by atoms with van der Waals surface area (Å²) in [4.78, 5) is 0. The topological polar surface area (TPSA) is 32.3 Å². The van der Waals surface area contributed by atoms with Crippen LogP contribution in [0.4, 0.5) is 4.39 Å². The molecule has 0 fully saturated rings. The number of halogens is 2. The zero-order valence-electron chi connectivity index (χ0n) is 12.1. The van der Waals surface area contributed by atoms with Gasteiger partial charge in [0.15, 0.2) is 0 Å². The first-order valence-electron chi connectivity index (χ1n) is 7.01. The van der Waals surface area contributed by atoms with Crippen molar-refractivity contribution in [1.29, 1.82) is 0 Å². The smallest absolute Gasteiger partial charge is 0.123 e. The highest BCUT2D eigenvalue weighted by atomic mass is 35.5. The molecule has 2 unspecified atom stereocenters. The van der Waals surface area contributed by atoms with Crippen molar-refractivity contribution in [2.45, 2.75) is 32.4 Å². The maximum atomic E-state index is 13.3. The molecule has 0 saturated carbocycles. The van der Waals surface area contributed by atoms with Crippen molar-refractivity contribution in [1.82, 2.24) is 5.32 Å². The standard InChI is InChI=1S/C17H19ClFNO/c1-3-16(12-4-6-13(18)7-5-12)20-11(2)15-10-14(19)8-9-17(15)21/h4-11,16,20-21H,3H2,1-2H3. The first-order chi connectivity index (χ1) is 10.0. The highest BCUT2D eigenvalue weighted by Crippen LogP contribution is 2.28. The van der Waals surface area contributed by atoms with Gasteiger partial charge in [-0.1, -0.05) is 30.7 Å². The van der Waals surface area contributed by atoms with E-state index in [1.54, 1.807) is 0 Å². The second-order valence-electron chi connectivity index (χ2n) is 5.10. The van der Waals surface area contributed by atoms with Crippen LogP contribution in [0, 0.1) is 5.82 Å². The Kier molecular flexibility index (Phi) is 5.21. The first kappa shape index (κ1) is 15.8. The summed E-state index contributed by atoms with van der Waals surface area (Å²) in [5.74, 6) is -0.252. The Morgan fingerprint density at radius 3 is 2.48 bits per heavy atom. The van der Waals surface area contributed by atoms with Gasteiger partial charge in [0.25, 0.3) is 0 Å². The van der Waals surface area contributed by atoms with Crippen LogP contribution in [-0.2, 0) is 0 Å². The molecule has 0 radical (unpaired) electrons. The fourth-order valence-electron chi connectivity index (χ4n) is 2.41. The number of hydrogen-bond acceptors (Lipinski definition) is 2. The molecule has 4 heteroatoms. The normalized spacial score (nSPS) is 13.9. The summed E-state index contributed by atoms with van der Waals surface area (Å²) in [6, 6.07) is 11.6. The second-order valence-corrected chi connectivity index (χ2v) is 5.54. The molecule has 21 heavy (non-hydrogen) atoms. The summed E-state index contributed by atoms with van der Waals surface area (Å²) >= 11 is 5.90. The molecule has 0 aliphatic rings. The lowest BCUT2D eigenvalue weighted by Crippen LogP contribution is -2.24. The van der Waals surface area contributed by atoms with E-state index in [0.29, 0.717) is 10.6 Å². The van der Waals surface area contributed by atoms with Crippen LogP contribution in [0.25, 0.3) is 0 Å². The van der Waals surface area contributed by atoms with Crippen LogP contribution in [0.5, 0.6) is 5.75 Å². The summed E-state index contributed by atoms with van der Waals surface area (Å²) in [5, 5.41) is 14.0. The van der Waals surface area contributed by atoms with Crippen LogP contribution in [0.1, 0.15) is 43.5 Å². The number of hydrogen-bond donors (Lipinski definition) is 2. The van der Waals surface area contributed by atoms with E-state index in [0.717, 1.165) is 12.0 Å². The summed E-state index contributed by atoms with van der Waals surface area (Å²) in [7, 11) is 0. The van der Waals surface area contributed by atoms with E-state index in [1.807, 2.05) is 31.2 Å². The SMILES string of the molecule is CCC(NC(C)c1cc(F)ccc1O)c1ccc(Cl)cc1. The van der Waals surface area contributed by atoms with Gasteiger partial charge in [-0.05, 0) is 49.2 Å². The van der Waals surface area contributed by atoms with Gasteiger partial charge < -0.3 is 10.4 Å². The minimum atomic E-state index is -0.351. The van der Waals surface area contributed by atoms with Gasteiger partial charge in [-0.3, -0.25) is 0 Å². The highest BCUT2D eigenvalue weighted by Gasteiger charge is 2.16. The Bertz CT molecular complexity index is 600. The van der Waals surface area contributed by atoms with E-state index in [1.165, 1.54) is 18.2 Å². The molecule has 0 bridgehead atoms. The molecule has 2 N–H and O–H groups in total. The van der Waals surface area contributed by atoms with E-state index in [4.69, 9.17) is 11.6 Å². The Balaban J connectivity index is 2.17. The monoisotopic (exact) mass is 307 g/mol. The number of benzene rings is 2. The molecule has 2 nitrogen and oxygen atoms in total. The van der Waals surface area contributed by atoms with E-state index in [2.05, 4.69) is 12.2 Å². The zero-order chi connectivity index (χ0) is 15.4. The molecule has 0 aliphatic carbocycles. The van der Waals surface area contributed by atoms with Gasteiger partial charge in [-0.2, -0.15) is 0 Å². The highest BCUT2D eigenvalue weighted by molar-refractivity contribution is 6.30. The molecule has 0 saturated heterocycles. The second kappa shape index (κ2) is 6.92. The number of phenols is 1. The largest absolute Gasteiger partial charge is 0.508 e. The Labute approximate surface area is 129 Å². The van der Waals surface area contributed by atoms with Crippen molar-refractivity contribution in [2.75, 3.05) is 0 Å². The van der Waals surface area contributed by atoms with Crippen molar-refractivity contribution in [2.24, 2.45) is 0 Å². The van der Waals surface area contributed by atoms with E-state index in [-0.39, 0.29) is 23.7 Å². The average molecular weight is 308 g/mol. The molecule has 2 aromatic rings. The quantitative estimate of drug-likeness (QED) is 0.816. The Morgan fingerprint density at radius 1 is 1.19 bits per heavy atom.